The number of carbonyl (C=O) groups excluding carboxylic acids is 2. The molecule has 42 heavy (non-hydrogen) atoms. The maximum absolute atomic E-state index is 13.4. The number of Topliss-reactive ketones (excluding diaryl/α,β-unsaturated/α-hetero) is 1. The highest BCUT2D eigenvalue weighted by Crippen LogP contribution is 2.38. The van der Waals surface area contributed by atoms with Gasteiger partial charge in [0.1, 0.15) is 34.5 Å². The monoisotopic (exact) mass is 602 g/mol. The number of amides is 1. The summed E-state index contributed by atoms with van der Waals surface area (Å²) in [6, 6.07) is 4.15. The number of hydrogen-bond acceptors (Lipinski definition) is 8. The van der Waals surface area contributed by atoms with Gasteiger partial charge in [0.15, 0.2) is 0 Å². The number of alkyl halides is 2. The van der Waals surface area contributed by atoms with Crippen molar-refractivity contribution in [3.05, 3.63) is 53.1 Å². The molecule has 0 radical (unpaired) electrons. The van der Waals surface area contributed by atoms with Crippen molar-refractivity contribution < 1.29 is 23.1 Å². The van der Waals surface area contributed by atoms with E-state index in [0.717, 1.165) is 45.3 Å². The number of carbonyl (C=O) groups is 2. The fraction of sp³-hybridized carbons (Fsp3) is 0.393. The fourth-order valence-electron chi connectivity index (χ4n) is 4.88. The maximum atomic E-state index is 13.4. The van der Waals surface area contributed by atoms with Crippen molar-refractivity contribution in [2.45, 2.75) is 51.7 Å². The number of allylic oxidation sites excluding steroid dienone is 1. The zero-order chi connectivity index (χ0) is 30.2. The average Bonchev–Trinajstić information content (AvgIpc) is 3.36. The van der Waals surface area contributed by atoms with E-state index in [4.69, 9.17) is 32.6 Å². The molecule has 11 nitrogen and oxygen atoms in total. The Morgan fingerprint density at radius 2 is 2.05 bits per heavy atom. The molecule has 0 bridgehead atoms. The number of nitrogens with zero attached hydrogens (tertiary/aromatic N) is 4. The molecule has 0 atom stereocenters. The summed E-state index contributed by atoms with van der Waals surface area (Å²) in [5.41, 5.74) is 6.05. The van der Waals surface area contributed by atoms with Crippen LogP contribution in [0.1, 0.15) is 45.1 Å². The standard InChI is InChI=1S/C28H33ClF2N8O3/c1-17(40)5-2-3-12-38-13-8-19(9-14-38)39-16-21(36-27(41)23(25(32)33)26-34-10-4-11-35-26)24(37-39)20-15-18(29)6-7-22(20)42-28(30)31/h4,6-7,10-11,15-16,19,28,34H,2-3,5,8-9,12-14H2,1H3,(H3,32,33)(H,36,41)/b26-23-. The van der Waals surface area contributed by atoms with Crippen LogP contribution >= 0.6 is 11.6 Å². The predicted molar refractivity (Wildman–Crippen MR) is 157 cm³/mol. The zero-order valence-electron chi connectivity index (χ0n) is 23.1. The van der Waals surface area contributed by atoms with Gasteiger partial charge in [0, 0.05) is 48.7 Å². The van der Waals surface area contributed by atoms with Crippen LogP contribution in [0.5, 0.6) is 5.75 Å². The fourth-order valence-corrected chi connectivity index (χ4v) is 5.05. The molecule has 1 amide bonds. The molecule has 2 aliphatic heterocycles. The van der Waals surface area contributed by atoms with Gasteiger partial charge in [-0.15, -0.1) is 0 Å². The summed E-state index contributed by atoms with van der Waals surface area (Å²) >= 11 is 6.22. The number of nitrogens with two attached hydrogens (primary N) is 1. The van der Waals surface area contributed by atoms with Gasteiger partial charge in [-0.1, -0.05) is 11.6 Å². The molecular weight excluding hydrogens is 570 g/mol. The Labute approximate surface area is 246 Å². The smallest absolute Gasteiger partial charge is 0.387 e. The molecular formula is C28H33ClF2N8O3. The van der Waals surface area contributed by atoms with Crippen molar-refractivity contribution in [3.63, 3.8) is 0 Å². The van der Waals surface area contributed by atoms with Crippen LogP contribution in [0.25, 0.3) is 11.3 Å². The van der Waals surface area contributed by atoms with Crippen molar-refractivity contribution in [1.82, 2.24) is 20.0 Å². The number of ether oxygens (including phenoxy) is 1. The summed E-state index contributed by atoms with van der Waals surface area (Å²) in [7, 11) is 0. The van der Waals surface area contributed by atoms with Crippen LogP contribution in [0.2, 0.25) is 5.02 Å². The number of halogens is 3. The summed E-state index contributed by atoms with van der Waals surface area (Å²) in [5, 5.41) is 18.5. The lowest BCUT2D eigenvalue weighted by molar-refractivity contribution is -0.117. The molecule has 4 rings (SSSR count). The molecule has 14 heteroatoms. The molecule has 0 aliphatic carbocycles. The average molecular weight is 603 g/mol. The van der Waals surface area contributed by atoms with Crippen LogP contribution in [0.15, 0.2) is 53.1 Å². The van der Waals surface area contributed by atoms with E-state index >= 15 is 0 Å². The number of nitrogens with one attached hydrogen (secondary N) is 3. The Kier molecular flexibility index (Phi) is 10.4. The van der Waals surface area contributed by atoms with Crippen LogP contribution < -0.4 is 21.1 Å². The van der Waals surface area contributed by atoms with Gasteiger partial charge in [-0.3, -0.25) is 14.9 Å². The predicted octanol–water partition coefficient (Wildman–Crippen LogP) is 4.47. The second-order valence-electron chi connectivity index (χ2n) is 10.00. The first kappa shape index (κ1) is 30.8. The summed E-state index contributed by atoms with van der Waals surface area (Å²) in [6.07, 6.45) is 10.2. The topological polar surface area (TPSA) is 151 Å². The number of anilines is 1. The number of hydrogen-bond donors (Lipinski definition) is 4. The molecule has 1 fully saturated rings. The van der Waals surface area contributed by atoms with Gasteiger partial charge in [-0.2, -0.15) is 13.9 Å². The Morgan fingerprint density at radius 1 is 1.29 bits per heavy atom. The molecule has 1 saturated heterocycles. The lowest BCUT2D eigenvalue weighted by Gasteiger charge is -2.32. The summed E-state index contributed by atoms with van der Waals surface area (Å²) in [6.45, 7) is 1.04. The third-order valence-corrected chi connectivity index (χ3v) is 7.15. The number of likely N-dealkylation sites (tertiary alicyclic amines) is 1. The molecule has 224 valence electrons. The summed E-state index contributed by atoms with van der Waals surface area (Å²) in [5.74, 6) is -1.14. The lowest BCUT2D eigenvalue weighted by Crippen LogP contribution is -2.35. The first-order valence-corrected chi connectivity index (χ1v) is 13.9. The highest BCUT2D eigenvalue weighted by molar-refractivity contribution is 6.31. The first-order chi connectivity index (χ1) is 20.1. The van der Waals surface area contributed by atoms with Gasteiger partial charge in [0.25, 0.3) is 5.91 Å². The van der Waals surface area contributed by atoms with E-state index < -0.39 is 18.4 Å². The Balaban J connectivity index is 1.63. The van der Waals surface area contributed by atoms with E-state index in [-0.39, 0.29) is 50.9 Å². The zero-order valence-corrected chi connectivity index (χ0v) is 23.8. The van der Waals surface area contributed by atoms with E-state index in [0.29, 0.717) is 6.42 Å². The minimum Gasteiger partial charge on any atom is -0.434 e. The molecule has 5 N–H and O–H groups in total. The minimum absolute atomic E-state index is 0.0260. The van der Waals surface area contributed by atoms with Crippen LogP contribution in [0, 0.1) is 5.41 Å². The third kappa shape index (κ3) is 8.01. The molecule has 2 aromatic rings. The number of unbranched alkanes of at least 4 members (excludes halogenated alkanes) is 1. The van der Waals surface area contributed by atoms with Crippen LogP contribution in [-0.2, 0) is 9.59 Å². The van der Waals surface area contributed by atoms with E-state index in [1.807, 2.05) is 0 Å². The molecule has 0 unspecified atom stereocenters. The highest BCUT2D eigenvalue weighted by atomic mass is 35.5. The van der Waals surface area contributed by atoms with Crippen LogP contribution in [0.4, 0.5) is 14.5 Å². The third-order valence-electron chi connectivity index (χ3n) is 6.92. The van der Waals surface area contributed by atoms with Crippen molar-refractivity contribution in [2.24, 2.45) is 10.7 Å². The number of amidine groups is 1. The number of benzene rings is 1. The highest BCUT2D eigenvalue weighted by Gasteiger charge is 2.27. The number of rotatable bonds is 12. The molecule has 2 aliphatic rings. The molecule has 1 aromatic heterocycles. The summed E-state index contributed by atoms with van der Waals surface area (Å²) in [4.78, 5) is 31.0. The van der Waals surface area contributed by atoms with Crippen molar-refractivity contribution in [3.8, 4) is 17.0 Å². The Bertz CT molecular complexity index is 1410. The first-order valence-electron chi connectivity index (χ1n) is 13.5. The number of aromatic nitrogens is 2. The van der Waals surface area contributed by atoms with Crippen LogP contribution in [-0.4, -0.2) is 64.7 Å². The minimum atomic E-state index is -3.10. The van der Waals surface area contributed by atoms with Crippen molar-refractivity contribution in [2.75, 3.05) is 25.0 Å². The molecule has 0 saturated carbocycles. The molecule has 1 aromatic carbocycles. The van der Waals surface area contributed by atoms with Crippen molar-refractivity contribution in [1.29, 1.82) is 5.41 Å². The number of ketones is 1. The second kappa shape index (κ2) is 14.2. The maximum Gasteiger partial charge on any atom is 0.387 e. The van der Waals surface area contributed by atoms with E-state index in [1.165, 1.54) is 30.6 Å². The van der Waals surface area contributed by atoms with E-state index in [9.17, 15) is 18.4 Å². The largest absolute Gasteiger partial charge is 0.434 e. The Hall–Kier alpha value is -4.10. The quantitative estimate of drug-likeness (QED) is 0.121. The Morgan fingerprint density at radius 3 is 2.69 bits per heavy atom. The molecule has 3 heterocycles. The van der Waals surface area contributed by atoms with Gasteiger partial charge < -0.3 is 30.8 Å². The molecule has 0 spiro atoms. The van der Waals surface area contributed by atoms with E-state index in [2.05, 4.69) is 20.5 Å². The van der Waals surface area contributed by atoms with Gasteiger partial charge >= 0.3 is 6.61 Å². The van der Waals surface area contributed by atoms with Gasteiger partial charge in [0.05, 0.1) is 11.7 Å². The lowest BCUT2D eigenvalue weighted by atomic mass is 10.0. The van der Waals surface area contributed by atoms with Crippen LogP contribution in [0.3, 0.4) is 0 Å². The van der Waals surface area contributed by atoms with E-state index in [1.54, 1.807) is 23.9 Å². The SMILES string of the molecule is CC(=O)CCCCN1CCC(n2cc(NC(=O)/C(C(=N)N)=C3\N=CC=CN3)c(-c3cc(Cl)ccc3OC(F)F)n2)CC1. The van der Waals surface area contributed by atoms with Gasteiger partial charge in [0.2, 0.25) is 0 Å². The second-order valence-corrected chi connectivity index (χ2v) is 10.4. The van der Waals surface area contributed by atoms with Gasteiger partial charge in [-0.05, 0) is 63.4 Å². The number of aliphatic imine (C=N–C) groups is 1. The number of piperidine rings is 1. The summed E-state index contributed by atoms with van der Waals surface area (Å²) < 4.78 is 33.0. The van der Waals surface area contributed by atoms with Crippen molar-refractivity contribution >= 4 is 41.0 Å². The normalized spacial score (nSPS) is 16.8. The van der Waals surface area contributed by atoms with Gasteiger partial charge in [-0.25, -0.2) is 4.99 Å².